The van der Waals surface area contributed by atoms with Gasteiger partial charge in [-0.3, -0.25) is 19.5 Å². The average Bonchev–Trinajstić information content (AvgIpc) is 3.22. The van der Waals surface area contributed by atoms with Gasteiger partial charge in [0.2, 0.25) is 0 Å². The predicted octanol–water partition coefficient (Wildman–Crippen LogP) is 3.85. The van der Waals surface area contributed by atoms with Crippen LogP contribution >= 0.6 is 0 Å². The quantitative estimate of drug-likeness (QED) is 0.561. The topological polar surface area (TPSA) is 88.8 Å². The molecule has 4 rings (SSSR count). The summed E-state index contributed by atoms with van der Waals surface area (Å²) in [4.78, 5) is 34.3. The van der Waals surface area contributed by atoms with Crippen LogP contribution in [0.5, 0.6) is 0 Å². The Hall–Kier alpha value is -4.20. The molecule has 0 aliphatic rings. The van der Waals surface area contributed by atoms with Crippen molar-refractivity contribution < 1.29 is 14.3 Å². The molecule has 3 heterocycles. The maximum absolute atomic E-state index is 13.0. The Morgan fingerprint density at radius 2 is 1.77 bits per heavy atom. The van der Waals surface area contributed by atoms with Crippen molar-refractivity contribution >= 4 is 29.0 Å². The second kappa shape index (κ2) is 8.04. The van der Waals surface area contributed by atoms with Gasteiger partial charge in [0.25, 0.3) is 5.91 Å². The molecule has 0 fully saturated rings. The number of amides is 2. The number of carbonyl (C=O) groups excluding carboxylic acids is 2. The van der Waals surface area contributed by atoms with Crippen LogP contribution in [-0.4, -0.2) is 40.5 Å². The van der Waals surface area contributed by atoms with E-state index in [9.17, 15) is 9.59 Å². The van der Waals surface area contributed by atoms with Gasteiger partial charge >= 0.3 is 6.09 Å². The Morgan fingerprint density at radius 3 is 2.47 bits per heavy atom. The Bertz CT molecular complexity index is 1200. The Labute approximate surface area is 172 Å². The van der Waals surface area contributed by atoms with Crippen molar-refractivity contribution in [1.82, 2.24) is 14.4 Å². The van der Waals surface area contributed by atoms with Crippen molar-refractivity contribution in [2.24, 2.45) is 0 Å². The highest BCUT2D eigenvalue weighted by molar-refractivity contribution is 6.05. The van der Waals surface area contributed by atoms with Crippen LogP contribution in [0, 0.1) is 0 Å². The van der Waals surface area contributed by atoms with Crippen LogP contribution in [0.25, 0.3) is 16.9 Å². The van der Waals surface area contributed by atoms with Gasteiger partial charge in [0.05, 0.1) is 24.6 Å². The van der Waals surface area contributed by atoms with Crippen LogP contribution in [0.3, 0.4) is 0 Å². The third kappa shape index (κ3) is 3.70. The van der Waals surface area contributed by atoms with Crippen LogP contribution in [0.4, 0.5) is 16.2 Å². The van der Waals surface area contributed by atoms with E-state index >= 15 is 0 Å². The summed E-state index contributed by atoms with van der Waals surface area (Å²) >= 11 is 0. The molecule has 0 bridgehead atoms. The molecule has 8 heteroatoms. The lowest BCUT2D eigenvalue weighted by atomic mass is 10.1. The number of hydrogen-bond acceptors (Lipinski definition) is 5. The fourth-order valence-electron chi connectivity index (χ4n) is 3.09. The number of nitrogens with one attached hydrogen (secondary N) is 1. The average molecular weight is 401 g/mol. The Balaban J connectivity index is 1.65. The summed E-state index contributed by atoms with van der Waals surface area (Å²) in [6.07, 6.45) is 6.29. The zero-order valence-electron chi connectivity index (χ0n) is 16.4. The van der Waals surface area contributed by atoms with E-state index < -0.39 is 6.09 Å². The molecule has 0 saturated heterocycles. The van der Waals surface area contributed by atoms with Gasteiger partial charge in [0, 0.05) is 42.6 Å². The lowest BCUT2D eigenvalue weighted by Crippen LogP contribution is -2.26. The second-order valence-electron chi connectivity index (χ2n) is 6.55. The van der Waals surface area contributed by atoms with Crippen LogP contribution in [0.15, 0.2) is 73.3 Å². The van der Waals surface area contributed by atoms with Crippen LogP contribution in [0.1, 0.15) is 10.4 Å². The number of hydrogen-bond donors (Lipinski definition) is 1. The summed E-state index contributed by atoms with van der Waals surface area (Å²) in [5, 5.41) is 2.62. The minimum Gasteiger partial charge on any atom is -0.453 e. The standard InChI is InChI=1S/C22H19N5O3/c1-26(18-9-11-23-12-10-18)21(28)16-5-8-20-24-13-19(27(20)14-16)15-3-6-17(7-4-15)25-22(29)30-2/h3-14H,1-2H3,(H,25,29). The first-order valence-corrected chi connectivity index (χ1v) is 9.17. The van der Waals surface area contributed by atoms with Gasteiger partial charge in [-0.05, 0) is 36.4 Å². The fourth-order valence-corrected chi connectivity index (χ4v) is 3.09. The highest BCUT2D eigenvalue weighted by atomic mass is 16.5. The Morgan fingerprint density at radius 1 is 1.03 bits per heavy atom. The third-order valence-electron chi connectivity index (χ3n) is 4.72. The molecule has 0 saturated carbocycles. The number of fused-ring (bicyclic) bond motifs is 1. The zero-order valence-corrected chi connectivity index (χ0v) is 16.4. The van der Waals surface area contributed by atoms with E-state index in [-0.39, 0.29) is 5.91 Å². The number of benzene rings is 1. The maximum Gasteiger partial charge on any atom is 0.411 e. The Kier molecular flexibility index (Phi) is 5.13. The smallest absolute Gasteiger partial charge is 0.411 e. The molecule has 0 aliphatic carbocycles. The first kappa shape index (κ1) is 19.1. The molecule has 4 aromatic rings. The lowest BCUT2D eigenvalue weighted by molar-refractivity contribution is 0.0992. The first-order valence-electron chi connectivity index (χ1n) is 9.17. The number of methoxy groups -OCH3 is 1. The molecular weight excluding hydrogens is 382 g/mol. The van der Waals surface area contributed by atoms with E-state index in [1.54, 1.807) is 67.1 Å². The molecule has 30 heavy (non-hydrogen) atoms. The molecular formula is C22H19N5O3. The first-order chi connectivity index (χ1) is 14.6. The summed E-state index contributed by atoms with van der Waals surface area (Å²) in [6.45, 7) is 0. The number of imidazole rings is 1. The van der Waals surface area contributed by atoms with Crippen molar-refractivity contribution in [3.63, 3.8) is 0 Å². The van der Waals surface area contributed by atoms with Crippen LogP contribution < -0.4 is 10.2 Å². The van der Waals surface area contributed by atoms with Gasteiger partial charge in [-0.2, -0.15) is 0 Å². The van der Waals surface area contributed by atoms with Gasteiger partial charge in [-0.25, -0.2) is 9.78 Å². The van der Waals surface area contributed by atoms with E-state index in [2.05, 4.69) is 20.0 Å². The van der Waals surface area contributed by atoms with E-state index in [4.69, 9.17) is 0 Å². The summed E-state index contributed by atoms with van der Waals surface area (Å²) in [5.74, 6) is -0.139. The summed E-state index contributed by atoms with van der Waals surface area (Å²) in [5.41, 5.74) is 4.36. The third-order valence-corrected chi connectivity index (χ3v) is 4.72. The predicted molar refractivity (Wildman–Crippen MR) is 114 cm³/mol. The fraction of sp³-hybridized carbons (Fsp3) is 0.0909. The van der Waals surface area contributed by atoms with Gasteiger partial charge in [-0.15, -0.1) is 0 Å². The summed E-state index contributed by atoms with van der Waals surface area (Å²) in [7, 11) is 3.04. The zero-order chi connectivity index (χ0) is 21.1. The van der Waals surface area contributed by atoms with E-state index in [0.717, 1.165) is 22.6 Å². The molecule has 0 unspecified atom stereocenters. The monoisotopic (exact) mass is 401 g/mol. The highest BCUT2D eigenvalue weighted by Gasteiger charge is 2.15. The van der Waals surface area contributed by atoms with Gasteiger partial charge in [0.1, 0.15) is 5.65 Å². The number of ether oxygens (including phenoxy) is 1. The molecule has 1 N–H and O–H groups in total. The largest absolute Gasteiger partial charge is 0.453 e. The molecule has 0 spiro atoms. The molecule has 1 aromatic carbocycles. The van der Waals surface area contributed by atoms with E-state index in [0.29, 0.717) is 11.3 Å². The molecule has 0 aliphatic heterocycles. The SMILES string of the molecule is COC(=O)Nc1ccc(-c2cnc3ccc(C(=O)N(C)c4ccncc4)cn23)cc1. The number of nitrogens with zero attached hydrogens (tertiary/aromatic N) is 4. The van der Waals surface area contributed by atoms with E-state index in [1.807, 2.05) is 22.6 Å². The van der Waals surface area contributed by atoms with Crippen molar-refractivity contribution in [2.45, 2.75) is 0 Å². The van der Waals surface area contributed by atoms with Crippen molar-refractivity contribution in [1.29, 1.82) is 0 Å². The second-order valence-corrected chi connectivity index (χ2v) is 6.55. The minimum absolute atomic E-state index is 0.139. The van der Waals surface area contributed by atoms with Crippen molar-refractivity contribution in [3.05, 3.63) is 78.9 Å². The molecule has 0 radical (unpaired) electrons. The minimum atomic E-state index is -0.529. The number of anilines is 2. The lowest BCUT2D eigenvalue weighted by Gasteiger charge is -2.17. The van der Waals surface area contributed by atoms with Gasteiger partial charge < -0.3 is 9.64 Å². The van der Waals surface area contributed by atoms with Crippen molar-refractivity contribution in [2.75, 3.05) is 24.4 Å². The number of aromatic nitrogens is 3. The van der Waals surface area contributed by atoms with E-state index in [1.165, 1.54) is 7.11 Å². The number of pyridine rings is 2. The van der Waals surface area contributed by atoms with Crippen LogP contribution in [0.2, 0.25) is 0 Å². The molecule has 8 nitrogen and oxygen atoms in total. The van der Waals surface area contributed by atoms with Gasteiger partial charge in [0.15, 0.2) is 0 Å². The van der Waals surface area contributed by atoms with Crippen molar-refractivity contribution in [3.8, 4) is 11.3 Å². The molecule has 0 atom stereocenters. The summed E-state index contributed by atoms with van der Waals surface area (Å²) < 4.78 is 6.47. The molecule has 2 amide bonds. The molecule has 150 valence electrons. The maximum atomic E-state index is 13.0. The number of rotatable bonds is 4. The van der Waals surface area contributed by atoms with Gasteiger partial charge in [-0.1, -0.05) is 12.1 Å². The normalized spacial score (nSPS) is 10.6. The molecule has 3 aromatic heterocycles. The number of carbonyl (C=O) groups is 2. The van der Waals surface area contributed by atoms with Crippen LogP contribution in [-0.2, 0) is 4.74 Å². The highest BCUT2D eigenvalue weighted by Crippen LogP contribution is 2.24. The summed E-state index contributed by atoms with van der Waals surface area (Å²) in [6, 6.07) is 14.4.